The molecule has 1 fully saturated rings. The van der Waals surface area contributed by atoms with Crippen LogP contribution >= 0.6 is 0 Å². The number of fused-ring (bicyclic) bond motifs is 3. The number of aryl methyl sites for hydroxylation is 2. The molecule has 4 aromatic rings. The SMILES string of the molecule is Cc1cc2oc3c(C#N)ccc(C4CCCCC4)c3c2cc1-c1cccc[n+]1C. The summed E-state index contributed by atoms with van der Waals surface area (Å²) in [6.45, 7) is 2.13. The van der Waals surface area contributed by atoms with Crippen molar-refractivity contribution >= 4 is 21.9 Å². The van der Waals surface area contributed by atoms with E-state index in [9.17, 15) is 5.26 Å². The molecule has 144 valence electrons. The highest BCUT2D eigenvalue weighted by Crippen LogP contribution is 2.42. The van der Waals surface area contributed by atoms with Gasteiger partial charge in [0, 0.05) is 28.5 Å². The Morgan fingerprint density at radius 1 is 1.07 bits per heavy atom. The van der Waals surface area contributed by atoms with Crippen LogP contribution in [-0.2, 0) is 7.05 Å². The van der Waals surface area contributed by atoms with Gasteiger partial charge >= 0.3 is 0 Å². The summed E-state index contributed by atoms with van der Waals surface area (Å²) < 4.78 is 8.43. The molecule has 3 nitrogen and oxygen atoms in total. The Balaban J connectivity index is 1.83. The van der Waals surface area contributed by atoms with Gasteiger partial charge in [0.25, 0.3) is 0 Å². The second-order valence-electron chi connectivity index (χ2n) is 8.32. The van der Waals surface area contributed by atoms with E-state index in [1.807, 2.05) is 12.1 Å². The van der Waals surface area contributed by atoms with E-state index in [0.717, 1.165) is 21.9 Å². The van der Waals surface area contributed by atoms with Crippen LogP contribution in [0.15, 0.2) is 53.1 Å². The Bertz CT molecular complexity index is 1270. The highest BCUT2D eigenvalue weighted by atomic mass is 16.3. The molecule has 29 heavy (non-hydrogen) atoms. The van der Waals surface area contributed by atoms with Gasteiger partial charge in [-0.2, -0.15) is 5.26 Å². The van der Waals surface area contributed by atoms with Gasteiger partial charge in [0.15, 0.2) is 11.8 Å². The molecule has 1 aliphatic carbocycles. The largest absolute Gasteiger partial charge is 0.455 e. The summed E-state index contributed by atoms with van der Waals surface area (Å²) in [4.78, 5) is 0. The summed E-state index contributed by atoms with van der Waals surface area (Å²) in [6, 6.07) is 17.1. The Hall–Kier alpha value is -3.12. The molecule has 2 aromatic carbocycles. The summed E-state index contributed by atoms with van der Waals surface area (Å²) in [7, 11) is 2.08. The second-order valence-corrected chi connectivity index (χ2v) is 8.32. The Labute approximate surface area is 171 Å². The molecular weight excluding hydrogens is 356 g/mol. The van der Waals surface area contributed by atoms with Crippen LogP contribution < -0.4 is 4.57 Å². The van der Waals surface area contributed by atoms with Gasteiger partial charge in [0.2, 0.25) is 5.69 Å². The lowest BCUT2D eigenvalue weighted by Gasteiger charge is -2.22. The summed E-state index contributed by atoms with van der Waals surface area (Å²) in [5.41, 5.74) is 7.16. The van der Waals surface area contributed by atoms with Crippen LogP contribution in [0.25, 0.3) is 33.2 Å². The van der Waals surface area contributed by atoms with Crippen molar-refractivity contribution in [3.63, 3.8) is 0 Å². The van der Waals surface area contributed by atoms with Crippen molar-refractivity contribution < 1.29 is 8.98 Å². The van der Waals surface area contributed by atoms with Crippen LogP contribution in [0.3, 0.4) is 0 Å². The molecule has 0 saturated heterocycles. The van der Waals surface area contributed by atoms with Gasteiger partial charge in [-0.1, -0.05) is 25.3 Å². The molecule has 2 heterocycles. The summed E-state index contributed by atoms with van der Waals surface area (Å²) in [5.74, 6) is 0.553. The van der Waals surface area contributed by atoms with Gasteiger partial charge in [0.05, 0.1) is 5.56 Å². The summed E-state index contributed by atoms with van der Waals surface area (Å²) in [5, 5.41) is 11.9. The zero-order valence-corrected chi connectivity index (χ0v) is 17.0. The Morgan fingerprint density at radius 2 is 1.90 bits per heavy atom. The second kappa shape index (κ2) is 7.04. The van der Waals surface area contributed by atoms with E-state index in [1.165, 1.54) is 54.5 Å². The average Bonchev–Trinajstić information content (AvgIpc) is 3.12. The molecule has 1 saturated carbocycles. The molecule has 1 aliphatic rings. The van der Waals surface area contributed by atoms with E-state index < -0.39 is 0 Å². The molecule has 0 bridgehead atoms. The molecule has 5 rings (SSSR count). The topological polar surface area (TPSA) is 40.8 Å². The minimum atomic E-state index is 0.553. The van der Waals surface area contributed by atoms with Crippen LogP contribution in [-0.4, -0.2) is 0 Å². The lowest BCUT2D eigenvalue weighted by molar-refractivity contribution is -0.660. The van der Waals surface area contributed by atoms with Gasteiger partial charge in [-0.3, -0.25) is 0 Å². The average molecular weight is 381 g/mol. The Morgan fingerprint density at radius 3 is 2.66 bits per heavy atom. The third-order valence-electron chi connectivity index (χ3n) is 6.49. The predicted octanol–water partition coefficient (Wildman–Crippen LogP) is 6.31. The fourth-order valence-corrected chi connectivity index (χ4v) is 4.97. The molecule has 0 atom stereocenters. The fraction of sp³-hybridized carbons (Fsp3) is 0.308. The summed E-state index contributed by atoms with van der Waals surface area (Å²) >= 11 is 0. The number of aromatic nitrogens is 1. The van der Waals surface area contributed by atoms with Crippen molar-refractivity contribution in [2.24, 2.45) is 7.05 Å². The molecule has 0 unspecified atom stereocenters. The normalized spacial score (nSPS) is 15.1. The first-order valence-corrected chi connectivity index (χ1v) is 10.5. The number of hydrogen-bond acceptors (Lipinski definition) is 2. The number of hydrogen-bond donors (Lipinski definition) is 0. The predicted molar refractivity (Wildman–Crippen MR) is 116 cm³/mol. The van der Waals surface area contributed by atoms with Crippen molar-refractivity contribution in [3.05, 3.63) is 65.4 Å². The summed E-state index contributed by atoms with van der Waals surface area (Å²) in [6.07, 6.45) is 8.42. The van der Waals surface area contributed by atoms with Crippen molar-refractivity contribution in [1.29, 1.82) is 5.26 Å². The van der Waals surface area contributed by atoms with Gasteiger partial charge < -0.3 is 4.42 Å². The van der Waals surface area contributed by atoms with E-state index >= 15 is 0 Å². The number of nitriles is 1. The Kier molecular flexibility index (Phi) is 4.36. The highest BCUT2D eigenvalue weighted by molar-refractivity contribution is 6.10. The van der Waals surface area contributed by atoms with E-state index in [4.69, 9.17) is 4.42 Å². The van der Waals surface area contributed by atoms with E-state index in [1.54, 1.807) is 0 Å². The highest BCUT2D eigenvalue weighted by Gasteiger charge is 2.24. The van der Waals surface area contributed by atoms with Crippen molar-refractivity contribution in [1.82, 2.24) is 0 Å². The molecule has 0 spiro atoms. The molecule has 0 N–H and O–H groups in total. The molecule has 0 amide bonds. The number of benzene rings is 2. The first-order valence-electron chi connectivity index (χ1n) is 10.5. The maximum atomic E-state index is 9.67. The number of rotatable bonds is 2. The van der Waals surface area contributed by atoms with Crippen LogP contribution in [0.2, 0.25) is 0 Å². The van der Waals surface area contributed by atoms with Crippen LogP contribution in [0, 0.1) is 18.3 Å². The maximum Gasteiger partial charge on any atom is 0.212 e. The monoisotopic (exact) mass is 381 g/mol. The van der Waals surface area contributed by atoms with Crippen LogP contribution in [0.4, 0.5) is 0 Å². The van der Waals surface area contributed by atoms with Crippen molar-refractivity contribution in [3.8, 4) is 17.3 Å². The number of pyridine rings is 1. The van der Waals surface area contributed by atoms with Gasteiger partial charge in [0.1, 0.15) is 18.7 Å². The van der Waals surface area contributed by atoms with Crippen molar-refractivity contribution in [2.45, 2.75) is 44.9 Å². The quantitative estimate of drug-likeness (QED) is 0.382. The van der Waals surface area contributed by atoms with Crippen LogP contribution in [0.5, 0.6) is 0 Å². The molecule has 0 radical (unpaired) electrons. The van der Waals surface area contributed by atoms with Gasteiger partial charge in [-0.05, 0) is 61.1 Å². The lowest BCUT2D eigenvalue weighted by Crippen LogP contribution is -2.30. The third-order valence-corrected chi connectivity index (χ3v) is 6.49. The molecule has 2 aromatic heterocycles. The van der Waals surface area contributed by atoms with Gasteiger partial charge in [-0.15, -0.1) is 0 Å². The van der Waals surface area contributed by atoms with Crippen LogP contribution in [0.1, 0.15) is 54.7 Å². The standard InChI is InChI=1S/C26H25N2O/c1-17-14-24-22(15-21(17)23-10-6-7-13-28(23)2)25-20(18-8-4-3-5-9-18)12-11-19(16-27)26(25)29-24/h6-7,10-15,18H,3-5,8-9H2,1-2H3/q+1. The zero-order chi connectivity index (χ0) is 20.0. The number of furan rings is 1. The van der Waals surface area contributed by atoms with E-state index in [2.05, 4.69) is 61.1 Å². The first-order chi connectivity index (χ1) is 14.2. The molecule has 3 heteroatoms. The number of nitrogens with zero attached hydrogens (tertiary/aromatic N) is 2. The lowest BCUT2D eigenvalue weighted by atomic mass is 9.82. The minimum absolute atomic E-state index is 0.553. The van der Waals surface area contributed by atoms with E-state index in [0.29, 0.717) is 11.5 Å². The zero-order valence-electron chi connectivity index (χ0n) is 17.0. The minimum Gasteiger partial charge on any atom is -0.455 e. The smallest absolute Gasteiger partial charge is 0.212 e. The van der Waals surface area contributed by atoms with E-state index in [-0.39, 0.29) is 0 Å². The molecule has 0 aliphatic heterocycles. The van der Waals surface area contributed by atoms with Crippen molar-refractivity contribution in [2.75, 3.05) is 0 Å². The first kappa shape index (κ1) is 17.9. The van der Waals surface area contributed by atoms with Gasteiger partial charge in [-0.25, -0.2) is 4.57 Å². The third kappa shape index (κ3) is 2.91. The molecular formula is C26H25N2O+. The maximum absolute atomic E-state index is 9.67. The fourth-order valence-electron chi connectivity index (χ4n) is 4.97.